The van der Waals surface area contributed by atoms with Gasteiger partial charge < -0.3 is 57.7 Å². The number of nitrogens with zero attached hydrogens (tertiary/aromatic N) is 1. The van der Waals surface area contributed by atoms with E-state index in [4.69, 9.17) is 5.73 Å². The zero-order chi connectivity index (χ0) is 45.0. The molecule has 3 aromatic carbocycles. The van der Waals surface area contributed by atoms with E-state index in [2.05, 4.69) is 51.8 Å². The third kappa shape index (κ3) is 11.2. The lowest BCUT2D eigenvalue weighted by Crippen LogP contribution is -2.62. The van der Waals surface area contributed by atoms with Crippen LogP contribution >= 0.6 is 0 Å². The molecular formula is C46H53N11O7. The van der Waals surface area contributed by atoms with Gasteiger partial charge in [0.1, 0.15) is 36.3 Å². The molecule has 334 valence electrons. The Balaban J connectivity index is 1.28. The highest BCUT2D eigenvalue weighted by molar-refractivity contribution is 5.99. The molecular weight excluding hydrogens is 819 g/mol. The van der Waals surface area contributed by atoms with Gasteiger partial charge in [-0.05, 0) is 54.6 Å². The van der Waals surface area contributed by atoms with Gasteiger partial charge in [0.05, 0.1) is 12.9 Å². The van der Waals surface area contributed by atoms with E-state index in [1.54, 1.807) is 36.7 Å². The number of aliphatic hydroxyl groups excluding tert-OH is 1. The molecule has 0 radical (unpaired) electrons. The van der Waals surface area contributed by atoms with E-state index in [0.29, 0.717) is 41.8 Å². The maximum atomic E-state index is 14.6. The van der Waals surface area contributed by atoms with Crippen molar-refractivity contribution >= 4 is 57.2 Å². The first-order valence-electron chi connectivity index (χ1n) is 21.3. The number of aromatic nitrogens is 4. The van der Waals surface area contributed by atoms with Crippen LogP contribution in [-0.4, -0.2) is 110 Å². The number of hydrogen-bond donors (Lipinski definition) is 11. The maximum absolute atomic E-state index is 14.6. The number of rotatable bonds is 13. The minimum atomic E-state index is -1.55. The number of fused-ring (bicyclic) bond motifs is 2. The first-order chi connectivity index (χ1) is 31.1. The Kier molecular flexibility index (Phi) is 14.8. The summed E-state index contributed by atoms with van der Waals surface area (Å²) in [5.74, 6) is -4.53. The molecule has 1 aliphatic rings. The summed E-state index contributed by atoms with van der Waals surface area (Å²) in [6, 6.07) is 15.9. The van der Waals surface area contributed by atoms with Crippen LogP contribution in [0, 0.1) is 0 Å². The molecule has 6 aromatic rings. The molecule has 7 rings (SSSR count). The molecule has 0 bridgehead atoms. The van der Waals surface area contributed by atoms with Crippen molar-refractivity contribution in [2.45, 2.75) is 81.2 Å². The molecule has 18 nitrogen and oxygen atoms in total. The summed E-state index contributed by atoms with van der Waals surface area (Å²) in [4.78, 5) is 99.6. The fraction of sp³-hybridized carbons (Fsp3) is 0.326. The molecule has 1 saturated heterocycles. The summed E-state index contributed by atoms with van der Waals surface area (Å²) in [6.07, 6.45) is 7.29. The Bertz CT molecular complexity index is 2560. The quantitative estimate of drug-likeness (QED) is 0.0728. The van der Waals surface area contributed by atoms with Crippen molar-refractivity contribution in [1.29, 1.82) is 0 Å². The van der Waals surface area contributed by atoms with Crippen molar-refractivity contribution in [2.24, 2.45) is 5.73 Å². The molecule has 1 aliphatic heterocycles. The fourth-order valence-electron chi connectivity index (χ4n) is 7.93. The van der Waals surface area contributed by atoms with Crippen molar-refractivity contribution in [1.82, 2.24) is 51.8 Å². The third-order valence-corrected chi connectivity index (χ3v) is 11.4. The average molecular weight is 872 g/mol. The van der Waals surface area contributed by atoms with Gasteiger partial charge in [0.25, 0.3) is 0 Å². The van der Waals surface area contributed by atoms with Crippen LogP contribution in [0.1, 0.15) is 41.6 Å². The van der Waals surface area contributed by atoms with E-state index in [0.717, 1.165) is 21.8 Å². The van der Waals surface area contributed by atoms with Crippen molar-refractivity contribution in [3.05, 3.63) is 126 Å². The van der Waals surface area contributed by atoms with Gasteiger partial charge >= 0.3 is 0 Å². The summed E-state index contributed by atoms with van der Waals surface area (Å²) in [6.45, 7) is -0.531. The van der Waals surface area contributed by atoms with Crippen molar-refractivity contribution in [3.8, 4) is 0 Å². The predicted molar refractivity (Wildman–Crippen MR) is 238 cm³/mol. The van der Waals surface area contributed by atoms with Gasteiger partial charge in [-0.3, -0.25) is 28.8 Å². The van der Waals surface area contributed by atoms with Gasteiger partial charge in [-0.2, -0.15) is 0 Å². The number of benzene rings is 3. The van der Waals surface area contributed by atoms with Crippen LogP contribution in [0.25, 0.3) is 21.8 Å². The number of unbranched alkanes of at least 4 members (excludes halogenated alkanes) is 1. The van der Waals surface area contributed by atoms with E-state index in [1.807, 2.05) is 54.6 Å². The topological polar surface area (TPSA) is 281 Å². The number of imidazole rings is 1. The number of para-hydroxylation sites is 2. The van der Waals surface area contributed by atoms with E-state index >= 15 is 0 Å². The summed E-state index contributed by atoms with van der Waals surface area (Å²) in [5.41, 5.74) is 9.93. The number of carbonyl (C=O) groups excluding carboxylic acids is 6. The highest BCUT2D eigenvalue weighted by Gasteiger charge is 2.36. The van der Waals surface area contributed by atoms with Gasteiger partial charge in [-0.15, -0.1) is 0 Å². The average Bonchev–Trinajstić information content (AvgIpc) is 4.08. The zero-order valence-electron chi connectivity index (χ0n) is 35.1. The van der Waals surface area contributed by atoms with E-state index < -0.39 is 78.3 Å². The van der Waals surface area contributed by atoms with Crippen LogP contribution in [0.5, 0.6) is 0 Å². The van der Waals surface area contributed by atoms with Gasteiger partial charge in [0.15, 0.2) is 0 Å². The number of amides is 6. The molecule has 0 saturated carbocycles. The van der Waals surface area contributed by atoms with Gasteiger partial charge in [-0.1, -0.05) is 66.7 Å². The van der Waals surface area contributed by atoms with Crippen LogP contribution in [0.3, 0.4) is 0 Å². The summed E-state index contributed by atoms with van der Waals surface area (Å²) in [7, 11) is 0. The van der Waals surface area contributed by atoms with Crippen molar-refractivity contribution in [2.75, 3.05) is 13.2 Å². The maximum Gasteiger partial charge on any atom is 0.245 e. The summed E-state index contributed by atoms with van der Waals surface area (Å²) >= 11 is 0. The molecule has 6 amide bonds. The number of nitrogens with one attached hydrogen (secondary N) is 9. The molecule has 4 heterocycles. The first-order valence-corrected chi connectivity index (χ1v) is 21.3. The van der Waals surface area contributed by atoms with Gasteiger partial charge in [0.2, 0.25) is 35.4 Å². The minimum absolute atomic E-state index is 0.00295. The number of hydrogen-bond acceptors (Lipinski definition) is 9. The Hall–Kier alpha value is -7.31. The lowest BCUT2D eigenvalue weighted by atomic mass is 10.00. The molecule has 3 aromatic heterocycles. The highest BCUT2D eigenvalue weighted by atomic mass is 16.3. The Morgan fingerprint density at radius 1 is 0.500 bits per heavy atom. The number of aliphatic hydroxyl groups is 1. The second kappa shape index (κ2) is 21.2. The molecule has 64 heavy (non-hydrogen) atoms. The second-order valence-electron chi connectivity index (χ2n) is 15.9. The van der Waals surface area contributed by atoms with Crippen LogP contribution in [0.2, 0.25) is 0 Å². The zero-order valence-corrected chi connectivity index (χ0v) is 35.1. The lowest BCUT2D eigenvalue weighted by Gasteiger charge is -2.29. The van der Waals surface area contributed by atoms with Crippen LogP contribution in [-0.2, 0) is 54.5 Å². The van der Waals surface area contributed by atoms with Crippen molar-refractivity contribution in [3.63, 3.8) is 0 Å². The normalized spacial score (nSPS) is 21.8. The van der Waals surface area contributed by atoms with Crippen LogP contribution in [0.15, 0.2) is 104 Å². The van der Waals surface area contributed by atoms with Crippen LogP contribution in [0.4, 0.5) is 0 Å². The fourth-order valence-corrected chi connectivity index (χ4v) is 7.93. The Morgan fingerprint density at radius 2 is 0.953 bits per heavy atom. The number of H-pyrrole nitrogens is 3. The monoisotopic (exact) mass is 871 g/mol. The van der Waals surface area contributed by atoms with Crippen molar-refractivity contribution < 1.29 is 33.9 Å². The molecule has 0 spiro atoms. The molecule has 18 heteroatoms. The largest absolute Gasteiger partial charge is 0.394 e. The lowest BCUT2D eigenvalue weighted by molar-refractivity contribution is -0.137. The van der Waals surface area contributed by atoms with E-state index in [9.17, 15) is 33.9 Å². The molecule has 0 unspecified atom stereocenters. The van der Waals surface area contributed by atoms with E-state index in [1.165, 1.54) is 12.5 Å². The molecule has 12 N–H and O–H groups in total. The van der Waals surface area contributed by atoms with Crippen LogP contribution < -0.4 is 37.6 Å². The molecule has 0 aliphatic carbocycles. The van der Waals surface area contributed by atoms with E-state index in [-0.39, 0.29) is 32.1 Å². The predicted octanol–water partition coefficient (Wildman–Crippen LogP) is 0.687. The minimum Gasteiger partial charge on any atom is -0.394 e. The number of carbonyl (C=O) groups is 6. The third-order valence-electron chi connectivity index (χ3n) is 11.4. The molecule has 6 atom stereocenters. The number of aromatic amines is 3. The Labute approximate surface area is 368 Å². The SMILES string of the molecule is NCCCC[C@@H]1NC(=O)[C@@H](Cc2c[nH]c3ccccc23)NC(=O)[C@H](Cc2cnc[nH]2)NC(=O)[C@@H](Cc2ccccc2)NC(=O)[C@H](Cc2c[nH]c3ccccc23)NC(=O)[C@@H](CO)NC1=O. The molecule has 1 fully saturated rings. The Morgan fingerprint density at radius 3 is 1.47 bits per heavy atom. The van der Waals surface area contributed by atoms with Gasteiger partial charge in [-0.25, -0.2) is 4.98 Å². The summed E-state index contributed by atoms with van der Waals surface area (Å²) < 4.78 is 0. The standard InChI is InChI=1S/C46H53N11O7/c47-17-9-8-16-35-41(59)57-40(25-58)46(64)55-38(20-29-23-50-34-15-7-5-13-32(29)34)44(62)53-36(18-27-10-2-1-3-11-27)42(60)56-39(21-30-24-48-26-51-30)45(63)54-37(43(61)52-35)19-28-22-49-33-14-6-4-12-31(28)33/h1-7,10-15,22-24,26,35-40,49-50,58H,8-9,16-21,25,47H2,(H,48,51)(H,52,61)(H,53,62)(H,54,63)(H,55,64)(H,56,60)(H,57,59)/t35-,36+,37+,38-,39-,40+/m0/s1. The first kappa shape index (κ1) is 44.7. The second-order valence-corrected chi connectivity index (χ2v) is 15.9. The number of nitrogens with two attached hydrogens (primary N) is 1. The smallest absolute Gasteiger partial charge is 0.245 e. The summed E-state index contributed by atoms with van der Waals surface area (Å²) in [5, 5.41) is 28.7. The highest BCUT2D eigenvalue weighted by Crippen LogP contribution is 2.21. The van der Waals surface area contributed by atoms with Gasteiger partial charge in [0, 0.05) is 71.8 Å².